The number of ether oxygens (including phenoxy) is 5. The van der Waals surface area contributed by atoms with E-state index in [-0.39, 0.29) is 24.7 Å². The monoisotopic (exact) mass is 645 g/mol. The first-order valence-corrected chi connectivity index (χ1v) is 15.3. The second-order valence-corrected chi connectivity index (χ2v) is 12.0. The number of nitrogens with one attached hydrogen (secondary N) is 1. The number of Topliss-reactive ketones (excluding diaryl/α,β-unsaturated/α-hetero) is 1. The number of benzene rings is 2. The van der Waals surface area contributed by atoms with Gasteiger partial charge < -0.3 is 29.0 Å². The van der Waals surface area contributed by atoms with Crippen LogP contribution < -0.4 is 24.3 Å². The number of allylic oxidation sites excluding steroid dienone is 3. The molecule has 8 nitrogen and oxygen atoms in total. The first kappa shape index (κ1) is 30.8. The lowest BCUT2D eigenvalue weighted by molar-refractivity contribution is -0.138. The zero-order valence-corrected chi connectivity index (χ0v) is 26.6. The fourth-order valence-corrected chi connectivity index (χ4v) is 6.62. The second-order valence-electron chi connectivity index (χ2n) is 9.70. The summed E-state index contributed by atoms with van der Waals surface area (Å²) in [6.07, 6.45) is 0.879. The van der Waals surface area contributed by atoms with Gasteiger partial charge in [-0.15, -0.1) is 0 Å². The summed E-state index contributed by atoms with van der Waals surface area (Å²) >= 11 is 5.29. The number of ketones is 1. The smallest absolute Gasteiger partial charge is 0.336 e. The summed E-state index contributed by atoms with van der Waals surface area (Å²) in [5.74, 6) is 2.74. The molecule has 2 atom stereocenters. The topological polar surface area (TPSA) is 92.3 Å². The van der Waals surface area contributed by atoms with Crippen molar-refractivity contribution in [1.29, 1.82) is 0 Å². The molecule has 4 rings (SSSR count). The van der Waals surface area contributed by atoms with Gasteiger partial charge >= 0.3 is 5.97 Å². The fraction of sp³-hybridized carbons (Fsp3) is 0.419. The van der Waals surface area contributed by atoms with Crippen molar-refractivity contribution >= 4 is 39.4 Å². The van der Waals surface area contributed by atoms with E-state index in [1.807, 2.05) is 37.3 Å². The van der Waals surface area contributed by atoms with E-state index >= 15 is 0 Å². The Labute approximate surface area is 253 Å². The highest BCUT2D eigenvalue weighted by Gasteiger charge is 2.42. The van der Waals surface area contributed by atoms with Crippen LogP contribution in [0.15, 0.2) is 57.3 Å². The van der Waals surface area contributed by atoms with Gasteiger partial charge in [-0.25, -0.2) is 4.79 Å². The molecular formula is C31H36BrNO7S. The zero-order valence-electron chi connectivity index (χ0n) is 24.2. The van der Waals surface area contributed by atoms with Crippen LogP contribution in [-0.2, 0) is 14.3 Å². The Morgan fingerprint density at radius 3 is 2.34 bits per heavy atom. The molecule has 1 aliphatic heterocycles. The third kappa shape index (κ3) is 6.38. The molecule has 0 spiro atoms. The van der Waals surface area contributed by atoms with Crippen molar-refractivity contribution in [3.05, 3.63) is 68.5 Å². The van der Waals surface area contributed by atoms with Crippen LogP contribution in [0, 0.1) is 0 Å². The molecule has 0 fully saturated rings. The first-order valence-electron chi connectivity index (χ1n) is 13.4. The minimum atomic E-state index is -0.632. The molecule has 0 saturated heterocycles. The minimum Gasteiger partial charge on any atom is -0.493 e. The molecule has 2 aromatic carbocycles. The average molecular weight is 647 g/mol. The fourth-order valence-electron chi connectivity index (χ4n) is 5.51. The predicted octanol–water partition coefficient (Wildman–Crippen LogP) is 6.14. The third-order valence-corrected chi connectivity index (χ3v) is 8.83. The van der Waals surface area contributed by atoms with Crippen LogP contribution in [0.3, 0.4) is 0 Å². The first-order chi connectivity index (χ1) is 19.8. The van der Waals surface area contributed by atoms with Crippen LogP contribution >= 0.6 is 27.7 Å². The molecule has 10 heteroatoms. The lowest BCUT2D eigenvalue weighted by atomic mass is 9.71. The number of rotatable bonds is 11. The van der Waals surface area contributed by atoms with Gasteiger partial charge in [0.15, 0.2) is 28.8 Å². The number of carbonyl (C=O) groups excluding carboxylic acids is 2. The molecule has 220 valence electrons. The van der Waals surface area contributed by atoms with E-state index in [0.717, 1.165) is 22.6 Å². The van der Waals surface area contributed by atoms with Gasteiger partial charge in [-0.2, -0.15) is 11.8 Å². The number of hydrogen-bond acceptors (Lipinski definition) is 9. The van der Waals surface area contributed by atoms with Gasteiger partial charge in [0, 0.05) is 35.1 Å². The number of dihydropyridines is 1. The molecule has 0 amide bonds. The predicted molar refractivity (Wildman–Crippen MR) is 163 cm³/mol. The molecule has 0 saturated carbocycles. The van der Waals surface area contributed by atoms with Crippen LogP contribution in [0.5, 0.6) is 23.0 Å². The maximum absolute atomic E-state index is 14.0. The van der Waals surface area contributed by atoms with E-state index in [4.69, 9.17) is 23.7 Å². The molecular weight excluding hydrogens is 610 g/mol. The standard InChI is InChI=1S/C31H36BrNO7S/c1-7-41-11-10-40-31(35)27-17(2)33-22-13-19(18-8-9-24(36-3)25(15-18)37-4)14-23(34)29(22)28(27)20-12-21(32)30(39-6)26(16-20)38-5/h8-9,12,15-16,19,28,33H,7,10-11,13-14H2,1-6H3/t19-,28+/m1/s1. The number of carbonyl (C=O) groups is 2. The largest absolute Gasteiger partial charge is 0.493 e. The van der Waals surface area contributed by atoms with E-state index in [0.29, 0.717) is 56.5 Å². The van der Waals surface area contributed by atoms with Crippen molar-refractivity contribution in [3.63, 3.8) is 0 Å². The van der Waals surface area contributed by atoms with Gasteiger partial charge in [0.05, 0.1) is 38.5 Å². The van der Waals surface area contributed by atoms with E-state index in [2.05, 4.69) is 28.2 Å². The molecule has 41 heavy (non-hydrogen) atoms. The van der Waals surface area contributed by atoms with Crippen molar-refractivity contribution in [2.24, 2.45) is 0 Å². The number of methoxy groups -OCH3 is 4. The average Bonchev–Trinajstić information content (AvgIpc) is 2.97. The summed E-state index contributed by atoms with van der Waals surface area (Å²) in [5, 5.41) is 3.41. The van der Waals surface area contributed by atoms with Crippen molar-refractivity contribution in [2.75, 3.05) is 46.6 Å². The van der Waals surface area contributed by atoms with Crippen LogP contribution in [0.4, 0.5) is 0 Å². The Balaban J connectivity index is 1.79. The Morgan fingerprint density at radius 1 is 0.976 bits per heavy atom. The van der Waals surface area contributed by atoms with Crippen LogP contribution in [0.2, 0.25) is 0 Å². The lowest BCUT2D eigenvalue weighted by Crippen LogP contribution is -2.36. The zero-order chi connectivity index (χ0) is 29.7. The maximum atomic E-state index is 14.0. The Hall–Kier alpha value is -3.11. The molecule has 0 aromatic heterocycles. The van der Waals surface area contributed by atoms with Gasteiger partial charge in [0.25, 0.3) is 0 Å². The van der Waals surface area contributed by atoms with E-state index in [1.54, 1.807) is 40.2 Å². The highest BCUT2D eigenvalue weighted by atomic mass is 79.9. The van der Waals surface area contributed by atoms with Crippen molar-refractivity contribution in [3.8, 4) is 23.0 Å². The highest BCUT2D eigenvalue weighted by molar-refractivity contribution is 9.10. The molecule has 2 aromatic rings. The third-order valence-electron chi connectivity index (χ3n) is 7.38. The molecule has 1 aliphatic carbocycles. The van der Waals surface area contributed by atoms with E-state index in [9.17, 15) is 9.59 Å². The van der Waals surface area contributed by atoms with Gasteiger partial charge in [-0.1, -0.05) is 13.0 Å². The van der Waals surface area contributed by atoms with Gasteiger partial charge in [-0.3, -0.25) is 4.79 Å². The summed E-state index contributed by atoms with van der Waals surface area (Å²) in [4.78, 5) is 27.6. The Kier molecular flexibility index (Phi) is 10.3. The molecule has 0 radical (unpaired) electrons. The summed E-state index contributed by atoms with van der Waals surface area (Å²) < 4.78 is 28.4. The van der Waals surface area contributed by atoms with Gasteiger partial charge in [0.2, 0.25) is 0 Å². The normalized spacial score (nSPS) is 18.5. The summed E-state index contributed by atoms with van der Waals surface area (Å²) in [6, 6.07) is 9.45. The second kappa shape index (κ2) is 13.7. The number of esters is 1. The molecule has 0 bridgehead atoms. The van der Waals surface area contributed by atoms with Crippen LogP contribution in [0.25, 0.3) is 0 Å². The van der Waals surface area contributed by atoms with E-state index < -0.39 is 11.9 Å². The summed E-state index contributed by atoms with van der Waals surface area (Å²) in [5.41, 5.74) is 4.16. The SMILES string of the molecule is CCSCCOC(=O)C1=C(C)NC2=C(C(=O)C[C@H](c3ccc(OC)c(OC)c3)C2)[C@H]1c1cc(Br)c(OC)c(OC)c1. The number of halogens is 1. The van der Waals surface area contributed by atoms with Crippen LogP contribution in [0.1, 0.15) is 49.7 Å². The lowest BCUT2D eigenvalue weighted by Gasteiger charge is -2.37. The Bertz CT molecular complexity index is 1390. The number of thioether (sulfide) groups is 1. The highest BCUT2D eigenvalue weighted by Crippen LogP contribution is 2.49. The van der Waals surface area contributed by atoms with Crippen molar-refractivity contribution in [1.82, 2.24) is 5.32 Å². The molecule has 2 aliphatic rings. The maximum Gasteiger partial charge on any atom is 0.336 e. The van der Waals surface area contributed by atoms with Crippen molar-refractivity contribution in [2.45, 2.75) is 38.5 Å². The minimum absolute atomic E-state index is 0.0335. The molecule has 0 unspecified atom stereocenters. The Morgan fingerprint density at radius 2 is 1.68 bits per heavy atom. The summed E-state index contributed by atoms with van der Waals surface area (Å²) in [7, 11) is 6.31. The quantitative estimate of drug-likeness (QED) is 0.228. The van der Waals surface area contributed by atoms with Crippen molar-refractivity contribution < 1.29 is 33.3 Å². The van der Waals surface area contributed by atoms with E-state index in [1.165, 1.54) is 0 Å². The van der Waals surface area contributed by atoms with Crippen LogP contribution in [-0.4, -0.2) is 58.3 Å². The van der Waals surface area contributed by atoms with Gasteiger partial charge in [-0.05, 0) is 76.3 Å². The molecule has 1 heterocycles. The van der Waals surface area contributed by atoms with Gasteiger partial charge in [0.1, 0.15) is 6.61 Å². The number of hydrogen-bond donors (Lipinski definition) is 1. The summed E-state index contributed by atoms with van der Waals surface area (Å²) in [6.45, 7) is 4.21. The molecule has 1 N–H and O–H groups in total.